The van der Waals surface area contributed by atoms with Gasteiger partial charge in [0.25, 0.3) is 0 Å². The second kappa shape index (κ2) is 7.41. The van der Waals surface area contributed by atoms with Crippen molar-refractivity contribution < 1.29 is 30.7 Å². The molecule has 2 aromatic carbocycles. The van der Waals surface area contributed by atoms with Gasteiger partial charge in [-0.1, -0.05) is 48.5 Å². The van der Waals surface area contributed by atoms with E-state index in [1.54, 1.807) is 35.0 Å². The lowest BCUT2D eigenvalue weighted by molar-refractivity contribution is -0.361. The van der Waals surface area contributed by atoms with Crippen LogP contribution in [0.4, 0.5) is 30.7 Å². The molecule has 0 aliphatic rings. The number of nitrogens with zero attached hydrogens (tertiary/aromatic N) is 2. The summed E-state index contributed by atoms with van der Waals surface area (Å²) in [5.41, 5.74) is 2.57. The third kappa shape index (κ3) is 4.06. The Bertz CT molecular complexity index is 1010. The molecule has 1 N–H and O–H groups in total. The zero-order chi connectivity index (χ0) is 21.3. The summed E-state index contributed by atoms with van der Waals surface area (Å²) in [7, 11) is 0. The molecule has 29 heavy (non-hydrogen) atoms. The monoisotopic (exact) mass is 417 g/mol. The first-order valence-electron chi connectivity index (χ1n) is 8.27. The number of hydrogen-bond acceptors (Lipinski definition) is 2. The molecule has 1 aromatic heterocycles. The highest BCUT2D eigenvalue weighted by Gasteiger charge is 2.73. The zero-order valence-corrected chi connectivity index (χ0v) is 14.6. The van der Waals surface area contributed by atoms with Gasteiger partial charge in [-0.2, -0.15) is 35.8 Å². The summed E-state index contributed by atoms with van der Waals surface area (Å²) in [4.78, 5) is 0. The molecule has 0 aliphatic heterocycles. The molecule has 0 saturated heterocycles. The molecule has 0 amide bonds. The minimum atomic E-state index is -6.43. The van der Waals surface area contributed by atoms with E-state index >= 15 is 0 Å². The van der Waals surface area contributed by atoms with E-state index in [1.807, 2.05) is 30.3 Å². The van der Waals surface area contributed by atoms with Gasteiger partial charge in [-0.25, -0.2) is 5.43 Å². The van der Waals surface area contributed by atoms with E-state index in [9.17, 15) is 30.7 Å². The van der Waals surface area contributed by atoms with Crippen LogP contribution >= 0.6 is 0 Å². The highest BCUT2D eigenvalue weighted by molar-refractivity contribution is 5.99. The topological polar surface area (TPSA) is 29.3 Å². The number of para-hydroxylation sites is 1. The van der Waals surface area contributed by atoms with E-state index < -0.39 is 18.1 Å². The molecule has 1 heterocycles. The number of benzene rings is 2. The van der Waals surface area contributed by atoms with Crippen LogP contribution in [0.25, 0.3) is 10.9 Å². The summed E-state index contributed by atoms with van der Waals surface area (Å²) in [5, 5.41) is 3.51. The highest BCUT2D eigenvalue weighted by atomic mass is 19.4. The molecule has 0 radical (unpaired) electrons. The van der Waals surface area contributed by atoms with Crippen molar-refractivity contribution in [2.24, 2.45) is 5.10 Å². The summed E-state index contributed by atoms with van der Waals surface area (Å²) >= 11 is 0. The Morgan fingerprint density at radius 1 is 0.862 bits per heavy atom. The van der Waals surface area contributed by atoms with Crippen LogP contribution in [0.3, 0.4) is 0 Å². The van der Waals surface area contributed by atoms with Gasteiger partial charge in [0, 0.05) is 29.2 Å². The minimum absolute atomic E-state index is 0.273. The average molecular weight is 417 g/mol. The number of aromatic nitrogens is 1. The molecule has 3 nitrogen and oxygen atoms in total. The van der Waals surface area contributed by atoms with Crippen molar-refractivity contribution in [3.8, 4) is 0 Å². The van der Waals surface area contributed by atoms with E-state index in [0.717, 1.165) is 11.8 Å². The number of fused-ring (bicyclic) bond motifs is 1. The molecule has 154 valence electrons. The van der Waals surface area contributed by atoms with Gasteiger partial charge < -0.3 is 4.57 Å². The predicted molar refractivity (Wildman–Crippen MR) is 94.2 cm³/mol. The Hall–Kier alpha value is -3.04. The molecule has 0 bridgehead atoms. The van der Waals surface area contributed by atoms with E-state index in [4.69, 9.17) is 0 Å². The summed E-state index contributed by atoms with van der Waals surface area (Å²) < 4.78 is 90.8. The van der Waals surface area contributed by atoms with Crippen molar-refractivity contribution in [3.63, 3.8) is 0 Å². The zero-order valence-electron chi connectivity index (χ0n) is 14.6. The fourth-order valence-electron chi connectivity index (χ4n) is 2.72. The van der Waals surface area contributed by atoms with Crippen molar-refractivity contribution in [3.05, 3.63) is 71.9 Å². The lowest BCUT2D eigenvalue weighted by atomic mass is 10.2. The predicted octanol–water partition coefficient (Wildman–Crippen LogP) is 5.40. The Balaban J connectivity index is 1.87. The van der Waals surface area contributed by atoms with Crippen LogP contribution in [0.15, 0.2) is 65.9 Å². The summed E-state index contributed by atoms with van der Waals surface area (Å²) in [6.07, 6.45) is -4.10. The molecule has 0 aliphatic carbocycles. The number of nitrogens with one attached hydrogen (secondary N) is 1. The lowest BCUT2D eigenvalue weighted by Gasteiger charge is -2.27. The molecule has 0 saturated carbocycles. The molecular formula is C19H14F7N3. The average Bonchev–Trinajstić information content (AvgIpc) is 2.99. The fourth-order valence-corrected chi connectivity index (χ4v) is 2.72. The molecule has 0 unspecified atom stereocenters. The fraction of sp³-hybridized carbons (Fsp3) is 0.211. The normalized spacial score (nSPS) is 13.3. The van der Waals surface area contributed by atoms with Gasteiger partial charge in [0.1, 0.15) is 0 Å². The third-order valence-electron chi connectivity index (χ3n) is 4.17. The van der Waals surface area contributed by atoms with Crippen molar-refractivity contribution >= 4 is 17.1 Å². The SMILES string of the molecule is FC(F)(F)C(F)(F)C(F)(F)N/N=C\c1cn(Cc2ccccc2)c2ccccc12. The number of halogens is 7. The third-order valence-corrected chi connectivity index (χ3v) is 4.17. The lowest BCUT2D eigenvalue weighted by Crippen LogP contribution is -2.58. The van der Waals surface area contributed by atoms with Crippen molar-refractivity contribution in [2.75, 3.05) is 0 Å². The van der Waals surface area contributed by atoms with Crippen LogP contribution in [-0.4, -0.2) is 28.9 Å². The maximum atomic E-state index is 13.3. The smallest absolute Gasteiger partial charge is 0.342 e. The number of hydrazone groups is 1. The maximum absolute atomic E-state index is 13.3. The number of alkyl halides is 7. The summed E-state index contributed by atoms with van der Waals surface area (Å²) in [6, 6.07) is 10.5. The van der Waals surface area contributed by atoms with Gasteiger partial charge in [-0.15, -0.1) is 0 Å². The Morgan fingerprint density at radius 3 is 2.14 bits per heavy atom. The van der Waals surface area contributed by atoms with Crippen LogP contribution in [0.5, 0.6) is 0 Å². The first-order chi connectivity index (χ1) is 13.5. The van der Waals surface area contributed by atoms with Crippen molar-refractivity contribution in [2.45, 2.75) is 24.7 Å². The Kier molecular flexibility index (Phi) is 5.29. The van der Waals surface area contributed by atoms with Gasteiger partial charge in [-0.05, 0) is 11.6 Å². The summed E-state index contributed by atoms with van der Waals surface area (Å²) in [5.74, 6) is -6.28. The van der Waals surface area contributed by atoms with Gasteiger partial charge >= 0.3 is 18.1 Å². The second-order valence-corrected chi connectivity index (χ2v) is 6.23. The van der Waals surface area contributed by atoms with E-state index in [2.05, 4.69) is 5.10 Å². The molecule has 0 spiro atoms. The second-order valence-electron chi connectivity index (χ2n) is 6.23. The summed E-state index contributed by atoms with van der Waals surface area (Å²) in [6.45, 7) is 0.435. The van der Waals surface area contributed by atoms with E-state index in [0.29, 0.717) is 22.9 Å². The minimum Gasteiger partial charge on any atom is -0.342 e. The largest absolute Gasteiger partial charge is 0.462 e. The van der Waals surface area contributed by atoms with Gasteiger partial charge in [0.15, 0.2) is 0 Å². The van der Waals surface area contributed by atoms with Gasteiger partial charge in [0.05, 0.1) is 6.21 Å². The van der Waals surface area contributed by atoms with Crippen LogP contribution in [-0.2, 0) is 6.54 Å². The molecule has 0 fully saturated rings. The molecule has 3 aromatic rings. The Labute approximate surface area is 160 Å². The van der Waals surface area contributed by atoms with Crippen LogP contribution in [0, 0.1) is 0 Å². The first kappa shape index (κ1) is 20.7. The van der Waals surface area contributed by atoms with Gasteiger partial charge in [-0.3, -0.25) is 0 Å². The Morgan fingerprint density at radius 2 is 1.48 bits per heavy atom. The van der Waals surface area contributed by atoms with Crippen molar-refractivity contribution in [1.82, 2.24) is 9.99 Å². The highest BCUT2D eigenvalue weighted by Crippen LogP contribution is 2.45. The van der Waals surface area contributed by atoms with Crippen LogP contribution in [0.1, 0.15) is 11.1 Å². The molecule has 0 atom stereocenters. The van der Waals surface area contributed by atoms with E-state index in [-0.39, 0.29) is 5.56 Å². The van der Waals surface area contributed by atoms with Crippen LogP contribution in [0.2, 0.25) is 0 Å². The first-order valence-corrected chi connectivity index (χ1v) is 8.27. The number of rotatable bonds is 6. The van der Waals surface area contributed by atoms with Gasteiger partial charge in [0.2, 0.25) is 0 Å². The quantitative estimate of drug-likeness (QED) is 0.247. The van der Waals surface area contributed by atoms with Crippen LogP contribution < -0.4 is 5.43 Å². The number of hydrogen-bond donors (Lipinski definition) is 1. The van der Waals surface area contributed by atoms with Crippen molar-refractivity contribution in [1.29, 1.82) is 0 Å². The standard InChI is InChI=1S/C19H14F7N3/c20-17(21,18(22,23)24)19(25,26)28-27-10-14-12-29(11-13-6-2-1-3-7-13)16-9-5-4-8-15(14)16/h1-10,12,28H,11H2/b27-10-. The molecular weight excluding hydrogens is 403 g/mol. The molecule has 3 rings (SSSR count). The van der Waals surface area contributed by atoms with E-state index in [1.165, 1.54) is 0 Å². The maximum Gasteiger partial charge on any atom is 0.462 e. The molecule has 10 heteroatoms.